The Bertz CT molecular complexity index is 518. The van der Waals surface area contributed by atoms with Crippen LogP contribution in [0.5, 0.6) is 0 Å². The Morgan fingerprint density at radius 3 is 2.55 bits per heavy atom. The van der Waals surface area contributed by atoms with Gasteiger partial charge in [0.2, 0.25) is 0 Å². The molecular weight excluding hydrogens is 258 g/mol. The molecular formula is C14H19N3O3. The van der Waals surface area contributed by atoms with E-state index in [-0.39, 0.29) is 6.03 Å². The molecule has 0 saturated carbocycles. The summed E-state index contributed by atoms with van der Waals surface area (Å²) in [7, 11) is 1.97. The predicted octanol–water partition coefficient (Wildman–Crippen LogP) is 1.52. The van der Waals surface area contributed by atoms with Crippen molar-refractivity contribution >= 4 is 23.4 Å². The number of likely N-dealkylation sites (N-methyl/N-ethyl adjacent to an activating group) is 1. The number of para-hydroxylation sites is 2. The summed E-state index contributed by atoms with van der Waals surface area (Å²) in [5.41, 5.74) is 1.77. The Balaban J connectivity index is 2.19. The first-order valence-electron chi connectivity index (χ1n) is 6.65. The third-order valence-corrected chi connectivity index (χ3v) is 3.49. The van der Waals surface area contributed by atoms with Gasteiger partial charge in [-0.1, -0.05) is 19.1 Å². The number of rotatable bonds is 3. The van der Waals surface area contributed by atoms with Crippen LogP contribution in [0.3, 0.4) is 0 Å². The van der Waals surface area contributed by atoms with Gasteiger partial charge in [-0.3, -0.25) is 4.90 Å². The van der Waals surface area contributed by atoms with Crippen molar-refractivity contribution in [1.82, 2.24) is 5.32 Å². The lowest BCUT2D eigenvalue weighted by molar-refractivity contribution is -0.139. The highest BCUT2D eigenvalue weighted by atomic mass is 16.4. The zero-order valence-electron chi connectivity index (χ0n) is 11.7. The summed E-state index contributed by atoms with van der Waals surface area (Å²) in [6.07, 6.45) is 0.358. The number of fused-ring (bicyclic) bond motifs is 1. The summed E-state index contributed by atoms with van der Waals surface area (Å²) in [6, 6.07) is 6.39. The van der Waals surface area contributed by atoms with Crippen LogP contribution in [-0.2, 0) is 4.79 Å². The minimum atomic E-state index is -1.01. The topological polar surface area (TPSA) is 72.9 Å². The number of hydrogen-bond acceptors (Lipinski definition) is 3. The maximum absolute atomic E-state index is 12.3. The van der Waals surface area contributed by atoms with Crippen LogP contribution in [0.1, 0.15) is 13.3 Å². The molecule has 0 unspecified atom stereocenters. The quantitative estimate of drug-likeness (QED) is 0.878. The number of carbonyl (C=O) groups is 2. The number of carboxylic acid groups (broad SMARTS) is 1. The summed E-state index contributed by atoms with van der Waals surface area (Å²) in [5.74, 6) is -1.01. The molecule has 1 aliphatic rings. The van der Waals surface area contributed by atoms with E-state index in [0.29, 0.717) is 19.5 Å². The Hall–Kier alpha value is -2.24. The molecule has 0 saturated heterocycles. The highest BCUT2D eigenvalue weighted by Crippen LogP contribution is 2.31. The molecule has 0 fully saturated rings. The van der Waals surface area contributed by atoms with Gasteiger partial charge in [0.1, 0.15) is 6.04 Å². The monoisotopic (exact) mass is 277 g/mol. The van der Waals surface area contributed by atoms with Gasteiger partial charge in [-0.25, -0.2) is 9.59 Å². The maximum atomic E-state index is 12.3. The number of benzene rings is 1. The van der Waals surface area contributed by atoms with E-state index < -0.39 is 12.0 Å². The molecule has 1 aromatic carbocycles. The van der Waals surface area contributed by atoms with Crippen LogP contribution < -0.4 is 15.1 Å². The third kappa shape index (κ3) is 2.68. The molecule has 1 aromatic rings. The molecule has 20 heavy (non-hydrogen) atoms. The number of aliphatic carboxylic acids is 1. The van der Waals surface area contributed by atoms with Gasteiger partial charge in [-0.15, -0.1) is 0 Å². The SMILES string of the molecule is CC[C@H](NC(=O)N1CCN(C)c2ccccc21)C(=O)O. The average molecular weight is 277 g/mol. The van der Waals surface area contributed by atoms with Crippen LogP contribution in [0.2, 0.25) is 0 Å². The molecule has 0 bridgehead atoms. The van der Waals surface area contributed by atoms with Crippen molar-refractivity contribution in [2.24, 2.45) is 0 Å². The molecule has 2 amide bonds. The number of nitrogens with one attached hydrogen (secondary N) is 1. The minimum Gasteiger partial charge on any atom is -0.480 e. The third-order valence-electron chi connectivity index (χ3n) is 3.49. The second kappa shape index (κ2) is 5.81. The van der Waals surface area contributed by atoms with Crippen molar-refractivity contribution in [2.45, 2.75) is 19.4 Å². The van der Waals surface area contributed by atoms with Gasteiger partial charge in [-0.2, -0.15) is 0 Å². The largest absolute Gasteiger partial charge is 0.480 e. The van der Waals surface area contributed by atoms with E-state index in [9.17, 15) is 9.59 Å². The molecule has 6 nitrogen and oxygen atoms in total. The summed E-state index contributed by atoms with van der Waals surface area (Å²) >= 11 is 0. The number of urea groups is 1. The van der Waals surface area contributed by atoms with Crippen molar-refractivity contribution in [1.29, 1.82) is 0 Å². The van der Waals surface area contributed by atoms with Gasteiger partial charge in [0.05, 0.1) is 11.4 Å². The average Bonchev–Trinajstić information content (AvgIpc) is 2.45. The van der Waals surface area contributed by atoms with Crippen LogP contribution >= 0.6 is 0 Å². The fraction of sp³-hybridized carbons (Fsp3) is 0.429. The van der Waals surface area contributed by atoms with E-state index >= 15 is 0 Å². The molecule has 1 atom stereocenters. The van der Waals surface area contributed by atoms with Crippen molar-refractivity contribution in [2.75, 3.05) is 29.9 Å². The predicted molar refractivity (Wildman–Crippen MR) is 77.3 cm³/mol. The number of carboxylic acids is 1. The van der Waals surface area contributed by atoms with E-state index in [1.165, 1.54) is 0 Å². The first kappa shape index (κ1) is 14.2. The molecule has 2 rings (SSSR count). The standard InChI is InChI=1S/C14H19N3O3/c1-3-10(13(18)19)15-14(20)17-9-8-16(2)11-6-4-5-7-12(11)17/h4-7,10H,3,8-9H2,1-2H3,(H,15,20)(H,18,19)/t10-/m0/s1. The van der Waals surface area contributed by atoms with Gasteiger partial charge in [0, 0.05) is 20.1 Å². The molecule has 1 heterocycles. The zero-order valence-corrected chi connectivity index (χ0v) is 11.7. The van der Waals surface area contributed by atoms with E-state index in [1.54, 1.807) is 11.8 Å². The maximum Gasteiger partial charge on any atom is 0.326 e. The number of hydrogen-bond donors (Lipinski definition) is 2. The van der Waals surface area contributed by atoms with Crippen molar-refractivity contribution in [3.8, 4) is 0 Å². The summed E-state index contributed by atoms with van der Waals surface area (Å²) in [5, 5.41) is 11.6. The van der Waals surface area contributed by atoms with E-state index in [0.717, 1.165) is 11.4 Å². The zero-order chi connectivity index (χ0) is 14.7. The molecule has 1 aliphatic heterocycles. The lowest BCUT2D eigenvalue weighted by Crippen LogP contribution is -2.51. The second-order valence-electron chi connectivity index (χ2n) is 4.81. The molecule has 0 radical (unpaired) electrons. The summed E-state index contributed by atoms with van der Waals surface area (Å²) < 4.78 is 0. The fourth-order valence-electron chi connectivity index (χ4n) is 2.28. The van der Waals surface area contributed by atoms with E-state index in [4.69, 9.17) is 5.11 Å². The van der Waals surface area contributed by atoms with Crippen LogP contribution in [0.15, 0.2) is 24.3 Å². The van der Waals surface area contributed by atoms with Crippen molar-refractivity contribution in [3.63, 3.8) is 0 Å². The molecule has 0 aliphatic carbocycles. The van der Waals surface area contributed by atoms with Gasteiger partial charge in [0.25, 0.3) is 0 Å². The normalized spacial score (nSPS) is 15.5. The number of amides is 2. The van der Waals surface area contributed by atoms with Gasteiger partial charge < -0.3 is 15.3 Å². The second-order valence-corrected chi connectivity index (χ2v) is 4.81. The highest BCUT2D eigenvalue weighted by Gasteiger charge is 2.27. The number of carbonyl (C=O) groups excluding carboxylic acids is 1. The fourth-order valence-corrected chi connectivity index (χ4v) is 2.28. The van der Waals surface area contributed by atoms with Gasteiger partial charge in [0.15, 0.2) is 0 Å². The molecule has 2 N–H and O–H groups in total. The van der Waals surface area contributed by atoms with Gasteiger partial charge >= 0.3 is 12.0 Å². The van der Waals surface area contributed by atoms with Gasteiger partial charge in [-0.05, 0) is 18.6 Å². The van der Waals surface area contributed by atoms with Crippen molar-refractivity contribution < 1.29 is 14.7 Å². The van der Waals surface area contributed by atoms with Crippen LogP contribution in [0.4, 0.5) is 16.2 Å². The Kier molecular flexibility index (Phi) is 4.12. The molecule has 108 valence electrons. The Morgan fingerprint density at radius 1 is 1.30 bits per heavy atom. The van der Waals surface area contributed by atoms with Crippen LogP contribution in [0, 0.1) is 0 Å². The van der Waals surface area contributed by atoms with Crippen LogP contribution in [-0.4, -0.2) is 43.3 Å². The van der Waals surface area contributed by atoms with Crippen LogP contribution in [0.25, 0.3) is 0 Å². The lowest BCUT2D eigenvalue weighted by Gasteiger charge is -2.36. The minimum absolute atomic E-state index is 0.358. The molecule has 6 heteroatoms. The first-order chi connectivity index (χ1) is 9.54. The number of nitrogens with zero attached hydrogens (tertiary/aromatic N) is 2. The molecule has 0 spiro atoms. The van der Waals surface area contributed by atoms with E-state index in [1.807, 2.05) is 31.3 Å². The lowest BCUT2D eigenvalue weighted by atomic mass is 10.2. The Labute approximate surface area is 118 Å². The summed E-state index contributed by atoms with van der Waals surface area (Å²) in [6.45, 7) is 2.99. The highest BCUT2D eigenvalue weighted by molar-refractivity contribution is 5.98. The molecule has 0 aromatic heterocycles. The van der Waals surface area contributed by atoms with Crippen molar-refractivity contribution in [3.05, 3.63) is 24.3 Å². The summed E-state index contributed by atoms with van der Waals surface area (Å²) in [4.78, 5) is 27.0. The van der Waals surface area contributed by atoms with E-state index in [2.05, 4.69) is 10.2 Å². The smallest absolute Gasteiger partial charge is 0.326 e. The Morgan fingerprint density at radius 2 is 1.95 bits per heavy atom. The first-order valence-corrected chi connectivity index (χ1v) is 6.65. The number of anilines is 2.